The van der Waals surface area contributed by atoms with Crippen LogP contribution in [0.1, 0.15) is 6.42 Å². The topological polar surface area (TPSA) is 75.6 Å². The van der Waals surface area contributed by atoms with Crippen LogP contribution in [0, 0.1) is 5.92 Å². The zero-order valence-electron chi connectivity index (χ0n) is 10.9. The van der Waals surface area contributed by atoms with Crippen LogP contribution < -0.4 is 10.1 Å². The fourth-order valence-corrected chi connectivity index (χ4v) is 2.70. The van der Waals surface area contributed by atoms with Crippen LogP contribution in [0.3, 0.4) is 0 Å². The number of piperidine rings is 1. The van der Waals surface area contributed by atoms with Gasteiger partial charge in [-0.2, -0.15) is 0 Å². The van der Waals surface area contributed by atoms with Crippen molar-refractivity contribution in [1.82, 2.24) is 5.32 Å². The van der Waals surface area contributed by atoms with Gasteiger partial charge in [0.2, 0.25) is 0 Å². The lowest BCUT2D eigenvalue weighted by atomic mass is 9.97. The number of ether oxygens (including phenoxy) is 1. The molecule has 5 nitrogen and oxygen atoms in total. The Morgan fingerprint density at radius 3 is 2.63 bits per heavy atom. The molecule has 0 saturated carbocycles. The summed E-state index contributed by atoms with van der Waals surface area (Å²) in [5, 5.41) is 13.0. The number of hydrogen-bond donors (Lipinski definition) is 2. The summed E-state index contributed by atoms with van der Waals surface area (Å²) in [7, 11) is -3.17. The van der Waals surface area contributed by atoms with Gasteiger partial charge >= 0.3 is 0 Å². The van der Waals surface area contributed by atoms with Crippen molar-refractivity contribution in [2.24, 2.45) is 5.92 Å². The molecule has 0 bridgehead atoms. The molecule has 0 spiro atoms. The molecule has 0 radical (unpaired) electrons. The van der Waals surface area contributed by atoms with E-state index in [1.165, 1.54) is 18.4 Å². The summed E-state index contributed by atoms with van der Waals surface area (Å²) >= 11 is 0. The number of aliphatic hydroxyl groups is 1. The zero-order chi connectivity index (χ0) is 13.9. The highest BCUT2D eigenvalue weighted by molar-refractivity contribution is 7.90. The van der Waals surface area contributed by atoms with Gasteiger partial charge in [0.25, 0.3) is 0 Å². The first kappa shape index (κ1) is 14.3. The fraction of sp³-hybridized carbons (Fsp3) is 0.538. The Kier molecular flexibility index (Phi) is 4.44. The second kappa shape index (κ2) is 5.90. The Hall–Kier alpha value is -1.11. The van der Waals surface area contributed by atoms with Crippen LogP contribution in [0.2, 0.25) is 0 Å². The molecule has 6 heteroatoms. The molecular formula is C13H19NO4S. The summed E-state index contributed by atoms with van der Waals surface area (Å²) in [6.07, 6.45) is 1.57. The van der Waals surface area contributed by atoms with Crippen LogP contribution in [0.4, 0.5) is 0 Å². The van der Waals surface area contributed by atoms with Crippen molar-refractivity contribution in [1.29, 1.82) is 0 Å². The molecule has 2 atom stereocenters. The van der Waals surface area contributed by atoms with Crippen LogP contribution in [0.15, 0.2) is 29.2 Å². The van der Waals surface area contributed by atoms with Crippen molar-refractivity contribution in [2.75, 3.05) is 26.0 Å². The van der Waals surface area contributed by atoms with E-state index in [4.69, 9.17) is 4.74 Å². The average molecular weight is 285 g/mol. The Balaban J connectivity index is 1.93. The van der Waals surface area contributed by atoms with E-state index in [-0.39, 0.29) is 16.9 Å². The van der Waals surface area contributed by atoms with Crippen LogP contribution in [-0.2, 0) is 9.84 Å². The minimum atomic E-state index is -3.17. The van der Waals surface area contributed by atoms with Gasteiger partial charge in [0, 0.05) is 18.7 Å². The fourth-order valence-electron chi connectivity index (χ4n) is 2.07. The van der Waals surface area contributed by atoms with Crippen molar-refractivity contribution >= 4 is 9.84 Å². The third kappa shape index (κ3) is 3.92. The molecule has 0 amide bonds. The second-order valence-electron chi connectivity index (χ2n) is 4.87. The van der Waals surface area contributed by atoms with Gasteiger partial charge in [-0.05, 0) is 37.2 Å². The Morgan fingerprint density at radius 1 is 1.37 bits per heavy atom. The standard InChI is InChI=1S/C13H19NO4S/c1-19(16,17)12-4-2-11(3-5-12)18-9-10-8-14-7-6-13(10)15/h2-5,10,13-15H,6-9H2,1H3. The predicted octanol–water partition coefficient (Wildman–Crippen LogP) is 0.439. The SMILES string of the molecule is CS(=O)(=O)c1ccc(OCC2CNCCC2O)cc1. The molecule has 106 valence electrons. The average Bonchev–Trinajstić information content (AvgIpc) is 2.37. The smallest absolute Gasteiger partial charge is 0.175 e. The quantitative estimate of drug-likeness (QED) is 0.839. The van der Waals surface area contributed by atoms with Crippen molar-refractivity contribution in [3.63, 3.8) is 0 Å². The molecule has 19 heavy (non-hydrogen) atoms. The summed E-state index contributed by atoms with van der Waals surface area (Å²) in [5.74, 6) is 0.688. The number of hydrogen-bond acceptors (Lipinski definition) is 5. The lowest BCUT2D eigenvalue weighted by Gasteiger charge is -2.28. The van der Waals surface area contributed by atoms with Gasteiger partial charge in [-0.3, -0.25) is 0 Å². The highest BCUT2D eigenvalue weighted by atomic mass is 32.2. The molecule has 1 aliphatic heterocycles. The highest BCUT2D eigenvalue weighted by Crippen LogP contribution is 2.18. The van der Waals surface area contributed by atoms with Gasteiger partial charge in [0.15, 0.2) is 9.84 Å². The Bertz CT molecular complexity index is 512. The van der Waals surface area contributed by atoms with E-state index in [1.54, 1.807) is 12.1 Å². The lowest BCUT2D eigenvalue weighted by molar-refractivity contribution is 0.0510. The van der Waals surface area contributed by atoms with E-state index in [9.17, 15) is 13.5 Å². The molecule has 1 aromatic rings. The summed E-state index contributed by atoms with van der Waals surface area (Å²) in [5.41, 5.74) is 0. The Morgan fingerprint density at radius 2 is 2.05 bits per heavy atom. The lowest BCUT2D eigenvalue weighted by Crippen LogP contribution is -2.42. The third-order valence-corrected chi connectivity index (χ3v) is 4.41. The van der Waals surface area contributed by atoms with Gasteiger partial charge in [0.1, 0.15) is 5.75 Å². The van der Waals surface area contributed by atoms with Gasteiger partial charge in [0.05, 0.1) is 17.6 Å². The first-order valence-electron chi connectivity index (χ1n) is 6.28. The summed E-state index contributed by atoms with van der Waals surface area (Å²) in [4.78, 5) is 0.277. The van der Waals surface area contributed by atoms with Crippen molar-refractivity contribution in [3.8, 4) is 5.75 Å². The molecule has 0 aliphatic carbocycles. The summed E-state index contributed by atoms with van der Waals surface area (Å²) in [6, 6.07) is 6.33. The maximum Gasteiger partial charge on any atom is 0.175 e. The zero-order valence-corrected chi connectivity index (χ0v) is 11.7. The largest absolute Gasteiger partial charge is 0.493 e. The number of rotatable bonds is 4. The molecular weight excluding hydrogens is 266 g/mol. The van der Waals surface area contributed by atoms with E-state index in [2.05, 4.69) is 5.32 Å². The maximum absolute atomic E-state index is 11.3. The van der Waals surface area contributed by atoms with E-state index in [1.807, 2.05) is 0 Å². The van der Waals surface area contributed by atoms with Crippen molar-refractivity contribution in [2.45, 2.75) is 17.4 Å². The van der Waals surface area contributed by atoms with E-state index in [0.717, 1.165) is 19.5 Å². The van der Waals surface area contributed by atoms with Crippen LogP contribution in [0.5, 0.6) is 5.75 Å². The molecule has 1 heterocycles. The summed E-state index contributed by atoms with van der Waals surface area (Å²) < 4.78 is 28.2. The van der Waals surface area contributed by atoms with Gasteiger partial charge in [-0.1, -0.05) is 0 Å². The van der Waals surface area contributed by atoms with Crippen LogP contribution in [0.25, 0.3) is 0 Å². The Labute approximate surface area is 113 Å². The molecule has 2 N–H and O–H groups in total. The molecule has 1 fully saturated rings. The van der Waals surface area contributed by atoms with Crippen molar-refractivity contribution < 1.29 is 18.3 Å². The number of benzene rings is 1. The molecule has 2 unspecified atom stereocenters. The van der Waals surface area contributed by atoms with Crippen molar-refractivity contribution in [3.05, 3.63) is 24.3 Å². The molecule has 0 aromatic heterocycles. The maximum atomic E-state index is 11.3. The number of nitrogens with one attached hydrogen (secondary N) is 1. The van der Waals surface area contributed by atoms with Crippen LogP contribution >= 0.6 is 0 Å². The third-order valence-electron chi connectivity index (χ3n) is 3.28. The van der Waals surface area contributed by atoms with E-state index in [0.29, 0.717) is 12.4 Å². The molecule has 1 aliphatic rings. The van der Waals surface area contributed by atoms with Crippen LogP contribution in [-0.4, -0.2) is 45.6 Å². The molecule has 1 aromatic carbocycles. The predicted molar refractivity (Wildman–Crippen MR) is 72.0 cm³/mol. The first-order chi connectivity index (χ1) is 8.97. The second-order valence-corrected chi connectivity index (χ2v) is 6.89. The van der Waals surface area contributed by atoms with Gasteiger partial charge < -0.3 is 15.2 Å². The minimum Gasteiger partial charge on any atom is -0.493 e. The monoisotopic (exact) mass is 285 g/mol. The first-order valence-corrected chi connectivity index (χ1v) is 8.17. The van der Waals surface area contributed by atoms with Gasteiger partial charge in [-0.15, -0.1) is 0 Å². The molecule has 1 saturated heterocycles. The number of sulfone groups is 1. The normalized spacial score (nSPS) is 24.1. The van der Waals surface area contributed by atoms with E-state index < -0.39 is 9.84 Å². The summed E-state index contributed by atoms with van der Waals surface area (Å²) in [6.45, 7) is 2.00. The molecule has 2 rings (SSSR count). The van der Waals surface area contributed by atoms with E-state index >= 15 is 0 Å². The van der Waals surface area contributed by atoms with Gasteiger partial charge in [-0.25, -0.2) is 8.42 Å². The number of aliphatic hydroxyl groups excluding tert-OH is 1. The minimum absolute atomic E-state index is 0.0725. The highest BCUT2D eigenvalue weighted by Gasteiger charge is 2.23.